The molecule has 0 atom stereocenters. The fraction of sp³-hybridized carbons (Fsp3) is 0.318. The molecule has 2 N–H and O–H groups in total. The second-order valence-electron chi connectivity index (χ2n) is 6.60. The van der Waals surface area contributed by atoms with E-state index in [0.717, 1.165) is 24.4 Å². The lowest BCUT2D eigenvalue weighted by Crippen LogP contribution is -2.20. The minimum atomic E-state index is -0.622. The van der Waals surface area contributed by atoms with Gasteiger partial charge in [-0.15, -0.1) is 0 Å². The fourth-order valence-corrected chi connectivity index (χ4v) is 3.10. The number of amides is 1. The molecule has 29 heavy (non-hydrogen) atoms. The molecule has 1 amide bonds. The minimum absolute atomic E-state index is 0.00719. The third-order valence-electron chi connectivity index (χ3n) is 4.50. The Kier molecular flexibility index (Phi) is 7.21. The van der Waals surface area contributed by atoms with Crippen LogP contribution in [0.15, 0.2) is 29.8 Å². The number of carbonyl (C=O) groups excluding carboxylic acids is 2. The van der Waals surface area contributed by atoms with Gasteiger partial charge >= 0.3 is 0 Å². The van der Waals surface area contributed by atoms with Crippen molar-refractivity contribution in [3.63, 3.8) is 0 Å². The van der Waals surface area contributed by atoms with Crippen molar-refractivity contribution in [2.75, 3.05) is 13.7 Å². The van der Waals surface area contributed by atoms with Crippen LogP contribution < -0.4 is 15.2 Å². The number of nitriles is 1. The van der Waals surface area contributed by atoms with Crippen LogP contribution in [0.25, 0.3) is 6.08 Å². The van der Waals surface area contributed by atoms with Gasteiger partial charge in [0, 0.05) is 23.5 Å². The SMILES string of the molecule is CCCn1c(C)cc(C(=O)/C(C#N)=C/c2ccc(OC)c(OCC(N)=O)c2)c1C. The molecular weight excluding hydrogens is 370 g/mol. The number of nitrogens with zero attached hydrogens (tertiary/aromatic N) is 2. The number of carbonyl (C=O) groups is 2. The average molecular weight is 395 g/mol. The third-order valence-corrected chi connectivity index (χ3v) is 4.50. The highest BCUT2D eigenvalue weighted by molar-refractivity contribution is 6.14. The number of ketones is 1. The van der Waals surface area contributed by atoms with Crippen LogP contribution in [0.1, 0.15) is 40.7 Å². The van der Waals surface area contributed by atoms with Crippen LogP contribution in [-0.2, 0) is 11.3 Å². The van der Waals surface area contributed by atoms with Gasteiger partial charge < -0.3 is 19.8 Å². The molecule has 1 aromatic carbocycles. The average Bonchev–Trinajstić information content (AvgIpc) is 2.98. The zero-order valence-electron chi connectivity index (χ0n) is 17.1. The number of ether oxygens (including phenoxy) is 2. The summed E-state index contributed by atoms with van der Waals surface area (Å²) in [7, 11) is 1.47. The van der Waals surface area contributed by atoms with Gasteiger partial charge in [0.15, 0.2) is 18.1 Å². The van der Waals surface area contributed by atoms with Crippen LogP contribution in [0.5, 0.6) is 11.5 Å². The summed E-state index contributed by atoms with van der Waals surface area (Å²) in [6.45, 7) is 6.41. The summed E-state index contributed by atoms with van der Waals surface area (Å²) < 4.78 is 12.6. The lowest BCUT2D eigenvalue weighted by molar-refractivity contribution is -0.119. The molecule has 1 heterocycles. The van der Waals surface area contributed by atoms with E-state index in [0.29, 0.717) is 22.6 Å². The predicted molar refractivity (Wildman–Crippen MR) is 110 cm³/mol. The molecule has 0 aliphatic heterocycles. The van der Waals surface area contributed by atoms with E-state index in [9.17, 15) is 14.9 Å². The summed E-state index contributed by atoms with van der Waals surface area (Å²) in [4.78, 5) is 24.0. The van der Waals surface area contributed by atoms with Gasteiger partial charge in [-0.1, -0.05) is 13.0 Å². The molecule has 2 aromatic rings. The Morgan fingerprint density at radius 2 is 1.97 bits per heavy atom. The molecule has 0 fully saturated rings. The van der Waals surface area contributed by atoms with Gasteiger partial charge in [-0.3, -0.25) is 9.59 Å². The number of benzene rings is 1. The largest absolute Gasteiger partial charge is 0.493 e. The molecule has 2 rings (SSSR count). The van der Waals surface area contributed by atoms with Crippen molar-refractivity contribution in [3.8, 4) is 17.6 Å². The number of hydrogen-bond acceptors (Lipinski definition) is 5. The zero-order valence-corrected chi connectivity index (χ0v) is 17.1. The second kappa shape index (κ2) is 9.60. The van der Waals surface area contributed by atoms with E-state index >= 15 is 0 Å². The normalized spacial score (nSPS) is 11.1. The van der Waals surface area contributed by atoms with Crippen LogP contribution >= 0.6 is 0 Å². The number of rotatable bonds is 9. The Balaban J connectivity index is 2.40. The summed E-state index contributed by atoms with van der Waals surface area (Å²) >= 11 is 0. The van der Waals surface area contributed by atoms with E-state index in [1.165, 1.54) is 13.2 Å². The van der Waals surface area contributed by atoms with Crippen molar-refractivity contribution in [2.24, 2.45) is 5.73 Å². The maximum Gasteiger partial charge on any atom is 0.255 e. The van der Waals surface area contributed by atoms with E-state index in [4.69, 9.17) is 15.2 Å². The van der Waals surface area contributed by atoms with Gasteiger partial charge in [-0.25, -0.2) is 0 Å². The van der Waals surface area contributed by atoms with Gasteiger partial charge in [0.05, 0.1) is 7.11 Å². The lowest BCUT2D eigenvalue weighted by Gasteiger charge is -2.10. The summed E-state index contributed by atoms with van der Waals surface area (Å²) in [5, 5.41) is 9.57. The fourth-order valence-electron chi connectivity index (χ4n) is 3.10. The topological polar surface area (TPSA) is 107 Å². The zero-order chi connectivity index (χ0) is 21.6. The van der Waals surface area contributed by atoms with Crippen LogP contribution in [0, 0.1) is 25.2 Å². The standard InChI is InChI=1S/C22H25N3O4/c1-5-8-25-14(2)9-18(15(25)3)22(27)17(12-23)10-16-6-7-19(28-4)20(11-16)29-13-21(24)26/h6-7,9-11H,5,8,13H2,1-4H3,(H2,24,26)/b17-10+. The van der Waals surface area contributed by atoms with Crippen molar-refractivity contribution < 1.29 is 19.1 Å². The number of allylic oxidation sites excluding steroid dienone is 1. The van der Waals surface area contributed by atoms with Crippen LogP contribution in [0.2, 0.25) is 0 Å². The second-order valence-corrected chi connectivity index (χ2v) is 6.60. The number of hydrogen-bond donors (Lipinski definition) is 1. The van der Waals surface area contributed by atoms with Gasteiger partial charge in [0.1, 0.15) is 11.6 Å². The Bertz CT molecular complexity index is 996. The molecule has 0 saturated heterocycles. The minimum Gasteiger partial charge on any atom is -0.493 e. The summed E-state index contributed by atoms with van der Waals surface area (Å²) in [5.41, 5.74) is 8.04. The Morgan fingerprint density at radius 3 is 2.55 bits per heavy atom. The first-order valence-electron chi connectivity index (χ1n) is 9.24. The summed E-state index contributed by atoms with van der Waals surface area (Å²) in [6.07, 6.45) is 2.44. The first kappa shape index (κ1) is 21.8. The van der Waals surface area contributed by atoms with E-state index in [-0.39, 0.29) is 18.0 Å². The highest BCUT2D eigenvalue weighted by Gasteiger charge is 2.19. The summed E-state index contributed by atoms with van der Waals surface area (Å²) in [6, 6.07) is 8.72. The molecule has 0 aliphatic rings. The quantitative estimate of drug-likeness (QED) is 0.399. The van der Waals surface area contributed by atoms with Crippen LogP contribution in [-0.4, -0.2) is 30.0 Å². The van der Waals surface area contributed by atoms with E-state index in [1.54, 1.807) is 18.2 Å². The Labute approximate surface area is 170 Å². The Hall–Kier alpha value is -3.53. The van der Waals surface area contributed by atoms with Gasteiger partial charge in [0.2, 0.25) is 5.78 Å². The number of aryl methyl sites for hydroxylation is 1. The van der Waals surface area contributed by atoms with Crippen molar-refractivity contribution in [2.45, 2.75) is 33.7 Å². The highest BCUT2D eigenvalue weighted by Crippen LogP contribution is 2.29. The number of primary amides is 1. The van der Waals surface area contributed by atoms with Gasteiger partial charge in [-0.05, 0) is 50.1 Å². The molecule has 1 aromatic heterocycles. The molecule has 7 nitrogen and oxygen atoms in total. The number of nitrogens with two attached hydrogens (primary N) is 1. The number of Topliss-reactive ketones (excluding diaryl/α,β-unsaturated/α-hetero) is 1. The lowest BCUT2D eigenvalue weighted by atomic mass is 10.0. The first-order chi connectivity index (χ1) is 13.8. The van der Waals surface area contributed by atoms with Crippen LogP contribution in [0.4, 0.5) is 0 Å². The van der Waals surface area contributed by atoms with Crippen molar-refractivity contribution in [3.05, 3.63) is 52.4 Å². The molecule has 0 unspecified atom stereocenters. The van der Waals surface area contributed by atoms with E-state index in [2.05, 4.69) is 11.5 Å². The number of methoxy groups -OCH3 is 1. The van der Waals surface area contributed by atoms with Crippen molar-refractivity contribution >= 4 is 17.8 Å². The van der Waals surface area contributed by atoms with E-state index < -0.39 is 5.91 Å². The maximum atomic E-state index is 13.0. The Morgan fingerprint density at radius 1 is 1.24 bits per heavy atom. The molecule has 0 saturated carbocycles. The molecule has 0 radical (unpaired) electrons. The molecule has 0 bridgehead atoms. The molecule has 152 valence electrons. The van der Waals surface area contributed by atoms with Crippen molar-refractivity contribution in [1.29, 1.82) is 5.26 Å². The maximum absolute atomic E-state index is 13.0. The van der Waals surface area contributed by atoms with Crippen LogP contribution in [0.3, 0.4) is 0 Å². The molecule has 0 spiro atoms. The molecule has 7 heteroatoms. The predicted octanol–water partition coefficient (Wildman–Crippen LogP) is 3.18. The van der Waals surface area contributed by atoms with Crippen molar-refractivity contribution in [1.82, 2.24) is 4.57 Å². The third kappa shape index (κ3) is 5.05. The summed E-state index contributed by atoms with van der Waals surface area (Å²) in [5.74, 6) is -0.246. The smallest absolute Gasteiger partial charge is 0.255 e. The highest BCUT2D eigenvalue weighted by atomic mass is 16.5. The molecular formula is C22H25N3O4. The molecule has 0 aliphatic carbocycles. The van der Waals surface area contributed by atoms with Gasteiger partial charge in [-0.2, -0.15) is 5.26 Å². The first-order valence-corrected chi connectivity index (χ1v) is 9.24. The van der Waals surface area contributed by atoms with Gasteiger partial charge in [0.25, 0.3) is 5.91 Å². The number of aromatic nitrogens is 1. The monoisotopic (exact) mass is 395 g/mol. The van der Waals surface area contributed by atoms with E-state index in [1.807, 2.05) is 26.0 Å².